The van der Waals surface area contributed by atoms with Gasteiger partial charge in [0.1, 0.15) is 5.78 Å². The minimum atomic E-state index is 0.138. The lowest BCUT2D eigenvalue weighted by Crippen LogP contribution is -2.16. The van der Waals surface area contributed by atoms with Crippen LogP contribution < -0.4 is 0 Å². The predicted molar refractivity (Wildman–Crippen MR) is 78.1 cm³/mol. The number of hydrogen-bond donors (Lipinski definition) is 0. The monoisotopic (exact) mass is 250 g/mol. The molecular formula is C18H18O. The van der Waals surface area contributed by atoms with E-state index in [1.165, 1.54) is 23.1 Å². The van der Waals surface area contributed by atoms with Crippen molar-refractivity contribution in [3.05, 3.63) is 60.2 Å². The first-order valence-electron chi connectivity index (χ1n) is 7.03. The highest BCUT2D eigenvalue weighted by molar-refractivity contribution is 5.86. The second kappa shape index (κ2) is 5.40. The van der Waals surface area contributed by atoms with Gasteiger partial charge in [-0.05, 0) is 29.5 Å². The molecule has 2 aromatic carbocycles. The zero-order valence-electron chi connectivity index (χ0n) is 11.0. The third-order valence-electron chi connectivity index (χ3n) is 3.97. The zero-order valence-corrected chi connectivity index (χ0v) is 11.0. The van der Waals surface area contributed by atoms with E-state index in [0.717, 1.165) is 19.3 Å². The van der Waals surface area contributed by atoms with Crippen LogP contribution in [-0.2, 0) is 4.79 Å². The Morgan fingerprint density at radius 1 is 0.789 bits per heavy atom. The van der Waals surface area contributed by atoms with Crippen LogP contribution in [0.25, 0.3) is 11.1 Å². The number of benzene rings is 2. The normalized spacial score (nSPS) is 19.4. The molecule has 0 radical (unpaired) electrons. The van der Waals surface area contributed by atoms with Crippen molar-refractivity contribution >= 4 is 5.78 Å². The Morgan fingerprint density at radius 3 is 2.16 bits per heavy atom. The molecule has 0 saturated heterocycles. The molecule has 0 N–H and O–H groups in total. The van der Waals surface area contributed by atoms with Crippen molar-refractivity contribution in [2.45, 2.75) is 31.6 Å². The Labute approximate surface area is 114 Å². The first-order chi connectivity index (χ1) is 9.34. The molecule has 0 aromatic heterocycles. The molecule has 1 aliphatic carbocycles. The van der Waals surface area contributed by atoms with Crippen molar-refractivity contribution in [1.29, 1.82) is 0 Å². The molecule has 96 valence electrons. The maximum absolute atomic E-state index is 11.9. The average molecular weight is 250 g/mol. The molecule has 1 fully saturated rings. The molecule has 1 saturated carbocycles. The van der Waals surface area contributed by atoms with Gasteiger partial charge in [0.2, 0.25) is 0 Å². The third kappa shape index (κ3) is 2.60. The van der Waals surface area contributed by atoms with E-state index in [2.05, 4.69) is 36.4 Å². The van der Waals surface area contributed by atoms with Crippen LogP contribution in [0.5, 0.6) is 0 Å². The van der Waals surface area contributed by atoms with Crippen molar-refractivity contribution in [3.8, 4) is 11.1 Å². The lowest BCUT2D eigenvalue weighted by molar-refractivity contribution is -0.121. The maximum Gasteiger partial charge on any atom is 0.140 e. The molecule has 3 rings (SSSR count). The fourth-order valence-electron chi connectivity index (χ4n) is 2.87. The molecular weight excluding hydrogens is 232 g/mol. The highest BCUT2D eigenvalue weighted by atomic mass is 16.1. The maximum atomic E-state index is 11.9. The van der Waals surface area contributed by atoms with E-state index in [0.29, 0.717) is 5.78 Å². The molecule has 0 aliphatic heterocycles. The van der Waals surface area contributed by atoms with Crippen LogP contribution >= 0.6 is 0 Å². The molecule has 0 bridgehead atoms. The van der Waals surface area contributed by atoms with Crippen molar-refractivity contribution in [1.82, 2.24) is 0 Å². The van der Waals surface area contributed by atoms with Gasteiger partial charge in [-0.1, -0.05) is 61.0 Å². The van der Waals surface area contributed by atoms with Gasteiger partial charge < -0.3 is 0 Å². The summed E-state index contributed by atoms with van der Waals surface area (Å²) in [5, 5.41) is 0. The van der Waals surface area contributed by atoms with E-state index in [-0.39, 0.29) is 5.92 Å². The van der Waals surface area contributed by atoms with E-state index in [4.69, 9.17) is 0 Å². The topological polar surface area (TPSA) is 17.1 Å². The van der Waals surface area contributed by atoms with Gasteiger partial charge in [-0.25, -0.2) is 0 Å². The summed E-state index contributed by atoms with van der Waals surface area (Å²) in [5.74, 6) is 0.553. The van der Waals surface area contributed by atoms with Crippen LogP contribution in [0.1, 0.15) is 37.2 Å². The summed E-state index contributed by atoms with van der Waals surface area (Å²) in [5.41, 5.74) is 3.63. The Hall–Kier alpha value is -1.89. The summed E-state index contributed by atoms with van der Waals surface area (Å²) in [4.78, 5) is 11.9. The number of ketones is 1. The third-order valence-corrected chi connectivity index (χ3v) is 3.97. The van der Waals surface area contributed by atoms with Crippen molar-refractivity contribution in [3.63, 3.8) is 0 Å². The molecule has 1 heteroatoms. The summed E-state index contributed by atoms with van der Waals surface area (Å²) in [7, 11) is 0. The number of Topliss-reactive ketones (excluding diaryl/α,β-unsaturated/α-hetero) is 1. The standard InChI is InChI=1S/C18H18O/c19-18-9-5-4-8-17(18)16-12-10-15(11-13-16)14-6-2-1-3-7-14/h1-3,6-7,10-13,17H,4-5,8-9H2/t17-/m1/s1. The minimum Gasteiger partial charge on any atom is -0.299 e. The quantitative estimate of drug-likeness (QED) is 0.762. The smallest absolute Gasteiger partial charge is 0.140 e. The van der Waals surface area contributed by atoms with Gasteiger partial charge >= 0.3 is 0 Å². The van der Waals surface area contributed by atoms with Gasteiger partial charge in [-0.3, -0.25) is 4.79 Å². The van der Waals surface area contributed by atoms with Crippen molar-refractivity contribution in [2.75, 3.05) is 0 Å². The number of carbonyl (C=O) groups excluding carboxylic acids is 1. The SMILES string of the molecule is O=C1CCCC[C@@H]1c1ccc(-c2ccccc2)cc1. The Kier molecular flexibility index (Phi) is 3.45. The second-order valence-corrected chi connectivity index (χ2v) is 5.25. The molecule has 1 nitrogen and oxygen atoms in total. The Bertz CT molecular complexity index is 554. The van der Waals surface area contributed by atoms with Gasteiger partial charge in [-0.2, -0.15) is 0 Å². The van der Waals surface area contributed by atoms with Crippen LogP contribution in [-0.4, -0.2) is 5.78 Å². The highest BCUT2D eigenvalue weighted by Gasteiger charge is 2.23. The molecule has 0 heterocycles. The van der Waals surface area contributed by atoms with E-state index in [1.807, 2.05) is 18.2 Å². The molecule has 19 heavy (non-hydrogen) atoms. The average Bonchev–Trinajstić information content (AvgIpc) is 2.49. The summed E-state index contributed by atoms with van der Waals surface area (Å²) >= 11 is 0. The van der Waals surface area contributed by atoms with Gasteiger partial charge in [0, 0.05) is 12.3 Å². The predicted octanol–water partition coefficient (Wildman–Crippen LogP) is 4.58. The van der Waals surface area contributed by atoms with Crippen LogP contribution in [0.15, 0.2) is 54.6 Å². The summed E-state index contributed by atoms with van der Waals surface area (Å²) in [6.45, 7) is 0. The first-order valence-corrected chi connectivity index (χ1v) is 7.03. The summed E-state index contributed by atoms with van der Waals surface area (Å²) in [6, 6.07) is 18.9. The van der Waals surface area contributed by atoms with Crippen LogP contribution in [0.4, 0.5) is 0 Å². The summed E-state index contributed by atoms with van der Waals surface area (Å²) in [6.07, 6.45) is 4.02. The van der Waals surface area contributed by atoms with Gasteiger partial charge in [0.25, 0.3) is 0 Å². The lowest BCUT2D eigenvalue weighted by Gasteiger charge is -2.20. The van der Waals surface area contributed by atoms with Crippen LogP contribution in [0.2, 0.25) is 0 Å². The van der Waals surface area contributed by atoms with E-state index in [1.54, 1.807) is 0 Å². The largest absolute Gasteiger partial charge is 0.299 e. The molecule has 0 amide bonds. The Morgan fingerprint density at radius 2 is 1.47 bits per heavy atom. The van der Waals surface area contributed by atoms with E-state index >= 15 is 0 Å². The Balaban J connectivity index is 1.85. The van der Waals surface area contributed by atoms with Crippen molar-refractivity contribution in [2.24, 2.45) is 0 Å². The molecule has 1 aliphatic rings. The van der Waals surface area contributed by atoms with Gasteiger partial charge in [0.15, 0.2) is 0 Å². The van der Waals surface area contributed by atoms with E-state index in [9.17, 15) is 4.79 Å². The number of rotatable bonds is 2. The molecule has 0 spiro atoms. The lowest BCUT2D eigenvalue weighted by atomic mass is 9.82. The molecule has 2 aromatic rings. The van der Waals surface area contributed by atoms with E-state index < -0.39 is 0 Å². The number of carbonyl (C=O) groups is 1. The summed E-state index contributed by atoms with van der Waals surface area (Å²) < 4.78 is 0. The molecule has 0 unspecified atom stereocenters. The fourth-order valence-corrected chi connectivity index (χ4v) is 2.87. The van der Waals surface area contributed by atoms with Gasteiger partial charge in [-0.15, -0.1) is 0 Å². The van der Waals surface area contributed by atoms with Crippen LogP contribution in [0.3, 0.4) is 0 Å². The molecule has 1 atom stereocenters. The highest BCUT2D eigenvalue weighted by Crippen LogP contribution is 2.31. The second-order valence-electron chi connectivity index (χ2n) is 5.25. The number of hydrogen-bond acceptors (Lipinski definition) is 1. The van der Waals surface area contributed by atoms with Gasteiger partial charge in [0.05, 0.1) is 0 Å². The minimum absolute atomic E-state index is 0.138. The fraction of sp³-hybridized carbons (Fsp3) is 0.278. The zero-order chi connectivity index (χ0) is 13.1. The first kappa shape index (κ1) is 12.2. The van der Waals surface area contributed by atoms with Crippen LogP contribution in [0, 0.1) is 0 Å². The van der Waals surface area contributed by atoms with Crippen molar-refractivity contribution < 1.29 is 4.79 Å².